The molecule has 0 fully saturated rings. The molecule has 0 aliphatic heterocycles. The molecular weight excluding hydrogens is 457 g/mol. The van der Waals surface area contributed by atoms with Crippen molar-refractivity contribution in [2.45, 2.75) is 25.9 Å². The molecule has 174 valence electrons. The highest BCUT2D eigenvalue weighted by Gasteiger charge is 2.40. The zero-order valence-electron chi connectivity index (χ0n) is 18.6. The third-order valence-corrected chi connectivity index (χ3v) is 6.56. The van der Waals surface area contributed by atoms with Gasteiger partial charge in [0.2, 0.25) is 5.91 Å². The summed E-state index contributed by atoms with van der Waals surface area (Å²) in [6.45, 7) is 3.59. The van der Waals surface area contributed by atoms with Crippen molar-refractivity contribution in [3.8, 4) is 11.3 Å². The number of hydrogen-bond donors (Lipinski definition) is 1. The zero-order valence-corrected chi connectivity index (χ0v) is 19.5. The van der Waals surface area contributed by atoms with E-state index in [0.29, 0.717) is 10.7 Å². The molecule has 0 aliphatic rings. The number of halogens is 3. The number of anilines is 1. The topological polar surface area (TPSA) is 42.0 Å². The SMILES string of the molecule is CC(C)(C(=O)Nc1nc(-c2ccccc2)cs1)C(c1ccccc1)c1ccc(C(F)(F)F)cc1. The fourth-order valence-corrected chi connectivity index (χ4v) is 4.71. The van der Waals surface area contributed by atoms with Crippen molar-refractivity contribution < 1.29 is 18.0 Å². The van der Waals surface area contributed by atoms with Crippen LogP contribution in [0, 0.1) is 5.41 Å². The van der Waals surface area contributed by atoms with E-state index in [1.165, 1.54) is 23.5 Å². The van der Waals surface area contributed by atoms with Gasteiger partial charge in [0, 0.05) is 16.9 Å². The van der Waals surface area contributed by atoms with Crippen LogP contribution >= 0.6 is 11.3 Å². The molecule has 7 heteroatoms. The van der Waals surface area contributed by atoms with Crippen LogP contribution < -0.4 is 5.32 Å². The smallest absolute Gasteiger partial charge is 0.301 e. The van der Waals surface area contributed by atoms with E-state index in [2.05, 4.69) is 10.3 Å². The second-order valence-corrected chi connectivity index (χ2v) is 9.40. The van der Waals surface area contributed by atoms with Crippen LogP contribution in [0.1, 0.15) is 36.5 Å². The van der Waals surface area contributed by atoms with Crippen LogP contribution in [0.25, 0.3) is 11.3 Å². The molecule has 4 rings (SSSR count). The Morgan fingerprint density at radius 2 is 1.41 bits per heavy atom. The number of nitrogens with zero attached hydrogens (tertiary/aromatic N) is 1. The number of thiazole rings is 1. The molecule has 3 nitrogen and oxygen atoms in total. The summed E-state index contributed by atoms with van der Waals surface area (Å²) in [5, 5.41) is 5.26. The minimum atomic E-state index is -4.42. The number of rotatable bonds is 6. The van der Waals surface area contributed by atoms with E-state index >= 15 is 0 Å². The van der Waals surface area contributed by atoms with Crippen molar-refractivity contribution in [3.05, 3.63) is 107 Å². The predicted octanol–water partition coefficient (Wildman–Crippen LogP) is 7.63. The van der Waals surface area contributed by atoms with Gasteiger partial charge in [0.15, 0.2) is 5.13 Å². The Bertz CT molecular complexity index is 1250. The van der Waals surface area contributed by atoms with E-state index in [9.17, 15) is 18.0 Å². The number of aromatic nitrogens is 1. The summed E-state index contributed by atoms with van der Waals surface area (Å²) in [6.07, 6.45) is -4.42. The van der Waals surface area contributed by atoms with E-state index in [1.807, 2.05) is 66.0 Å². The number of carbonyl (C=O) groups is 1. The first kappa shape index (κ1) is 23.7. The van der Waals surface area contributed by atoms with Crippen LogP contribution in [0.4, 0.5) is 18.3 Å². The Kier molecular flexibility index (Phi) is 6.57. The lowest BCUT2D eigenvalue weighted by molar-refractivity contribution is -0.137. The first-order valence-corrected chi connectivity index (χ1v) is 11.6. The molecule has 0 saturated heterocycles. The zero-order chi connectivity index (χ0) is 24.3. The van der Waals surface area contributed by atoms with Crippen LogP contribution in [0.2, 0.25) is 0 Å². The summed E-state index contributed by atoms with van der Waals surface area (Å²) in [6, 6.07) is 24.0. The molecule has 4 aromatic rings. The van der Waals surface area contributed by atoms with Crippen molar-refractivity contribution in [2.24, 2.45) is 5.41 Å². The van der Waals surface area contributed by atoms with Gasteiger partial charge in [-0.05, 0) is 23.3 Å². The lowest BCUT2D eigenvalue weighted by Gasteiger charge is -2.34. The van der Waals surface area contributed by atoms with Gasteiger partial charge in [0.25, 0.3) is 0 Å². The number of benzene rings is 3. The predicted molar refractivity (Wildman–Crippen MR) is 130 cm³/mol. The number of carbonyl (C=O) groups excluding carboxylic acids is 1. The molecule has 1 aromatic heterocycles. The van der Waals surface area contributed by atoms with Gasteiger partial charge in [-0.1, -0.05) is 86.6 Å². The van der Waals surface area contributed by atoms with Crippen molar-refractivity contribution in [1.82, 2.24) is 4.98 Å². The molecule has 0 saturated carbocycles. The molecular formula is C27H23F3N2OS. The van der Waals surface area contributed by atoms with Crippen molar-refractivity contribution in [3.63, 3.8) is 0 Å². The summed E-state index contributed by atoms with van der Waals surface area (Å²) < 4.78 is 39.3. The summed E-state index contributed by atoms with van der Waals surface area (Å²) in [5.41, 5.74) is 1.47. The summed E-state index contributed by atoms with van der Waals surface area (Å²) in [7, 11) is 0. The van der Waals surface area contributed by atoms with Crippen LogP contribution in [-0.4, -0.2) is 10.9 Å². The van der Waals surface area contributed by atoms with Crippen molar-refractivity contribution in [1.29, 1.82) is 0 Å². The average molecular weight is 481 g/mol. The van der Waals surface area contributed by atoms with Gasteiger partial charge >= 0.3 is 6.18 Å². The summed E-state index contributed by atoms with van der Waals surface area (Å²) >= 11 is 1.33. The molecule has 0 bridgehead atoms. The first-order valence-electron chi connectivity index (χ1n) is 10.7. The molecule has 0 aliphatic carbocycles. The van der Waals surface area contributed by atoms with Crippen LogP contribution in [0.15, 0.2) is 90.3 Å². The maximum Gasteiger partial charge on any atom is 0.416 e. The number of hydrogen-bond acceptors (Lipinski definition) is 3. The number of nitrogens with one attached hydrogen (secondary N) is 1. The minimum Gasteiger partial charge on any atom is -0.301 e. The second kappa shape index (κ2) is 9.43. The highest BCUT2D eigenvalue weighted by Crippen LogP contribution is 2.43. The van der Waals surface area contributed by atoms with E-state index in [0.717, 1.165) is 29.0 Å². The fraction of sp³-hybridized carbons (Fsp3) is 0.185. The normalized spacial score (nSPS) is 12.9. The third-order valence-electron chi connectivity index (χ3n) is 5.81. The third kappa shape index (κ3) is 5.04. The quantitative estimate of drug-likeness (QED) is 0.308. The van der Waals surface area contributed by atoms with Gasteiger partial charge in [-0.3, -0.25) is 4.79 Å². The molecule has 0 radical (unpaired) electrons. The van der Waals surface area contributed by atoms with E-state index in [1.54, 1.807) is 13.8 Å². The van der Waals surface area contributed by atoms with Gasteiger partial charge in [-0.25, -0.2) is 4.98 Å². The van der Waals surface area contributed by atoms with E-state index < -0.39 is 23.1 Å². The molecule has 34 heavy (non-hydrogen) atoms. The highest BCUT2D eigenvalue weighted by molar-refractivity contribution is 7.14. The Morgan fingerprint density at radius 3 is 2.00 bits per heavy atom. The fourth-order valence-electron chi connectivity index (χ4n) is 4.00. The largest absolute Gasteiger partial charge is 0.416 e. The second-order valence-electron chi connectivity index (χ2n) is 8.54. The van der Waals surface area contributed by atoms with E-state index in [-0.39, 0.29) is 5.91 Å². The molecule has 3 aromatic carbocycles. The van der Waals surface area contributed by atoms with Gasteiger partial charge in [0.1, 0.15) is 0 Å². The molecule has 1 N–H and O–H groups in total. The monoisotopic (exact) mass is 480 g/mol. The van der Waals surface area contributed by atoms with E-state index in [4.69, 9.17) is 0 Å². The van der Waals surface area contributed by atoms with Gasteiger partial charge in [0.05, 0.1) is 16.7 Å². The van der Waals surface area contributed by atoms with Gasteiger partial charge < -0.3 is 5.32 Å². The standard InChI is InChI=1S/C27H23F3N2OS/c1-26(2,24(33)32-25-31-22(17-34-25)18-9-5-3-6-10-18)23(19-11-7-4-8-12-19)20-13-15-21(16-14-20)27(28,29)30/h3-17,23H,1-2H3,(H,31,32,33). The maximum atomic E-state index is 13.5. The van der Waals surface area contributed by atoms with Crippen LogP contribution in [-0.2, 0) is 11.0 Å². The summed E-state index contributed by atoms with van der Waals surface area (Å²) in [4.78, 5) is 18.0. The molecule has 1 atom stereocenters. The Labute approximate surface area is 200 Å². The van der Waals surface area contributed by atoms with Crippen molar-refractivity contribution >= 4 is 22.4 Å². The van der Waals surface area contributed by atoms with Gasteiger partial charge in [-0.15, -0.1) is 11.3 Å². The number of amides is 1. The minimum absolute atomic E-state index is 0.268. The summed E-state index contributed by atoms with van der Waals surface area (Å²) in [5.74, 6) is -0.736. The Balaban J connectivity index is 1.64. The maximum absolute atomic E-state index is 13.5. The first-order chi connectivity index (χ1) is 16.2. The number of alkyl halides is 3. The molecule has 1 unspecified atom stereocenters. The van der Waals surface area contributed by atoms with Crippen LogP contribution in [0.3, 0.4) is 0 Å². The lowest BCUT2D eigenvalue weighted by atomic mass is 9.70. The molecule has 1 heterocycles. The van der Waals surface area contributed by atoms with Crippen LogP contribution in [0.5, 0.6) is 0 Å². The molecule has 1 amide bonds. The highest BCUT2D eigenvalue weighted by atomic mass is 32.1. The average Bonchev–Trinajstić information content (AvgIpc) is 3.29. The molecule has 0 spiro atoms. The Hall–Kier alpha value is -3.45. The lowest BCUT2D eigenvalue weighted by Crippen LogP contribution is -2.37. The van der Waals surface area contributed by atoms with Crippen molar-refractivity contribution in [2.75, 3.05) is 5.32 Å². The Morgan fingerprint density at radius 1 is 0.853 bits per heavy atom. The van der Waals surface area contributed by atoms with Gasteiger partial charge in [-0.2, -0.15) is 13.2 Å².